The number of methoxy groups -OCH3 is 1. The highest BCUT2D eigenvalue weighted by Crippen LogP contribution is 2.31. The lowest BCUT2D eigenvalue weighted by molar-refractivity contribution is -0.148. The SMILES string of the molecule is COC(=O)[C@@H](C)Oc1ccc(Cc2ncc(C(F)(F)F)cc2Cl)cc1. The van der Waals surface area contributed by atoms with Gasteiger partial charge in [-0.25, -0.2) is 4.79 Å². The molecule has 0 bridgehead atoms. The average molecular weight is 374 g/mol. The molecule has 4 nitrogen and oxygen atoms in total. The highest BCUT2D eigenvalue weighted by molar-refractivity contribution is 6.31. The Morgan fingerprint density at radius 1 is 1.28 bits per heavy atom. The molecule has 134 valence electrons. The first kappa shape index (κ1) is 19.1. The van der Waals surface area contributed by atoms with Crippen LogP contribution in [0.2, 0.25) is 5.02 Å². The smallest absolute Gasteiger partial charge is 0.417 e. The number of hydrogen-bond acceptors (Lipinski definition) is 4. The van der Waals surface area contributed by atoms with Gasteiger partial charge in [-0.3, -0.25) is 4.98 Å². The first-order valence-corrected chi connectivity index (χ1v) is 7.63. The number of carbonyl (C=O) groups excluding carboxylic acids is 1. The minimum Gasteiger partial charge on any atom is -0.479 e. The van der Waals surface area contributed by atoms with Gasteiger partial charge in [0.1, 0.15) is 5.75 Å². The standard InChI is InChI=1S/C17H15ClF3NO3/c1-10(16(23)24-2)25-13-5-3-11(4-6-13)7-15-14(18)8-12(9-22-15)17(19,20)21/h3-6,8-10H,7H2,1-2H3/t10-/m1/s1. The molecule has 0 aliphatic carbocycles. The number of rotatable bonds is 5. The van der Waals surface area contributed by atoms with E-state index in [2.05, 4.69) is 9.72 Å². The molecule has 0 N–H and O–H groups in total. The zero-order valence-corrected chi connectivity index (χ0v) is 14.2. The summed E-state index contributed by atoms with van der Waals surface area (Å²) < 4.78 is 47.8. The molecule has 1 aromatic heterocycles. The molecule has 0 aliphatic rings. The number of pyridine rings is 1. The topological polar surface area (TPSA) is 48.4 Å². The van der Waals surface area contributed by atoms with Gasteiger partial charge in [0.25, 0.3) is 0 Å². The average Bonchev–Trinajstić information content (AvgIpc) is 2.56. The zero-order chi connectivity index (χ0) is 18.6. The summed E-state index contributed by atoms with van der Waals surface area (Å²) in [4.78, 5) is 15.1. The summed E-state index contributed by atoms with van der Waals surface area (Å²) in [7, 11) is 1.27. The van der Waals surface area contributed by atoms with Crippen LogP contribution in [0.15, 0.2) is 36.5 Å². The summed E-state index contributed by atoms with van der Waals surface area (Å²) >= 11 is 5.90. The molecule has 0 saturated carbocycles. The van der Waals surface area contributed by atoms with E-state index >= 15 is 0 Å². The third-order valence-corrected chi connectivity index (χ3v) is 3.71. The quantitative estimate of drug-likeness (QED) is 0.734. The molecule has 0 aliphatic heterocycles. The third kappa shape index (κ3) is 5.09. The number of aromatic nitrogens is 1. The maximum Gasteiger partial charge on any atom is 0.417 e. The molecule has 1 heterocycles. The lowest BCUT2D eigenvalue weighted by Gasteiger charge is -2.13. The molecule has 0 unspecified atom stereocenters. The second kappa shape index (κ2) is 7.74. The maximum absolute atomic E-state index is 12.6. The van der Waals surface area contributed by atoms with E-state index in [0.29, 0.717) is 11.4 Å². The number of carbonyl (C=O) groups is 1. The highest BCUT2D eigenvalue weighted by atomic mass is 35.5. The maximum atomic E-state index is 12.6. The van der Waals surface area contributed by atoms with Crippen molar-refractivity contribution in [2.45, 2.75) is 25.6 Å². The minimum atomic E-state index is -4.48. The van der Waals surface area contributed by atoms with Crippen LogP contribution in [0.5, 0.6) is 5.75 Å². The van der Waals surface area contributed by atoms with Gasteiger partial charge in [-0.1, -0.05) is 23.7 Å². The van der Waals surface area contributed by atoms with Gasteiger partial charge in [0.2, 0.25) is 0 Å². The molecule has 1 atom stereocenters. The van der Waals surface area contributed by atoms with Crippen LogP contribution in [-0.4, -0.2) is 24.2 Å². The Bertz CT molecular complexity index is 748. The number of ether oxygens (including phenoxy) is 2. The van der Waals surface area contributed by atoms with Crippen molar-refractivity contribution >= 4 is 17.6 Å². The van der Waals surface area contributed by atoms with E-state index < -0.39 is 23.8 Å². The van der Waals surface area contributed by atoms with E-state index in [9.17, 15) is 18.0 Å². The number of esters is 1. The molecule has 0 amide bonds. The lowest BCUT2D eigenvalue weighted by atomic mass is 10.1. The molecule has 8 heteroatoms. The van der Waals surface area contributed by atoms with Crippen LogP contribution in [0, 0.1) is 0 Å². The Hall–Kier alpha value is -2.28. The molecule has 0 fully saturated rings. The minimum absolute atomic E-state index is 0.0468. The molecule has 25 heavy (non-hydrogen) atoms. The van der Waals surface area contributed by atoms with E-state index in [-0.39, 0.29) is 11.4 Å². The van der Waals surface area contributed by atoms with Crippen LogP contribution in [0.4, 0.5) is 13.2 Å². The van der Waals surface area contributed by atoms with Gasteiger partial charge in [-0.2, -0.15) is 13.2 Å². The van der Waals surface area contributed by atoms with Crippen molar-refractivity contribution in [2.24, 2.45) is 0 Å². The van der Waals surface area contributed by atoms with Crippen LogP contribution in [0.3, 0.4) is 0 Å². The summed E-state index contributed by atoms with van der Waals surface area (Å²) in [6, 6.07) is 7.59. The van der Waals surface area contributed by atoms with Crippen molar-refractivity contribution in [2.75, 3.05) is 7.11 Å². The molecule has 2 aromatic rings. The van der Waals surface area contributed by atoms with E-state index in [1.54, 1.807) is 31.2 Å². The Kier molecular flexibility index (Phi) is 5.89. The van der Waals surface area contributed by atoms with Crippen molar-refractivity contribution in [1.82, 2.24) is 4.98 Å². The van der Waals surface area contributed by atoms with Gasteiger partial charge in [-0.15, -0.1) is 0 Å². The largest absolute Gasteiger partial charge is 0.479 e. The number of hydrogen-bond donors (Lipinski definition) is 0. The predicted octanol–water partition coefficient (Wildman–Crippen LogP) is 4.28. The van der Waals surface area contributed by atoms with Gasteiger partial charge in [0, 0.05) is 12.6 Å². The van der Waals surface area contributed by atoms with Crippen LogP contribution >= 0.6 is 11.6 Å². The number of benzene rings is 1. The Morgan fingerprint density at radius 2 is 1.92 bits per heavy atom. The Labute approximate surface area is 147 Å². The van der Waals surface area contributed by atoms with E-state index in [0.717, 1.165) is 17.8 Å². The molecule has 0 saturated heterocycles. The van der Waals surface area contributed by atoms with E-state index in [1.807, 2.05) is 0 Å². The number of halogens is 4. The van der Waals surface area contributed by atoms with Crippen LogP contribution in [-0.2, 0) is 22.1 Å². The van der Waals surface area contributed by atoms with Crippen molar-refractivity contribution in [3.8, 4) is 5.75 Å². The van der Waals surface area contributed by atoms with Gasteiger partial charge < -0.3 is 9.47 Å². The first-order chi connectivity index (χ1) is 11.7. The number of nitrogens with zero attached hydrogens (tertiary/aromatic N) is 1. The summed E-state index contributed by atoms with van der Waals surface area (Å²) in [6.07, 6.45) is -4.20. The van der Waals surface area contributed by atoms with Crippen molar-refractivity contribution in [3.63, 3.8) is 0 Å². The second-order valence-corrected chi connectivity index (χ2v) is 5.66. The monoisotopic (exact) mass is 373 g/mol. The van der Waals surface area contributed by atoms with Crippen molar-refractivity contribution < 1.29 is 27.4 Å². The Balaban J connectivity index is 2.08. The van der Waals surface area contributed by atoms with E-state index in [1.165, 1.54) is 7.11 Å². The van der Waals surface area contributed by atoms with Crippen molar-refractivity contribution in [3.05, 3.63) is 58.4 Å². The fourth-order valence-electron chi connectivity index (χ4n) is 2.05. The Morgan fingerprint density at radius 3 is 2.44 bits per heavy atom. The van der Waals surface area contributed by atoms with Gasteiger partial charge in [0.05, 0.1) is 23.4 Å². The highest BCUT2D eigenvalue weighted by Gasteiger charge is 2.31. The van der Waals surface area contributed by atoms with Crippen LogP contribution in [0.1, 0.15) is 23.7 Å². The first-order valence-electron chi connectivity index (χ1n) is 7.25. The van der Waals surface area contributed by atoms with Crippen molar-refractivity contribution in [1.29, 1.82) is 0 Å². The molecule has 1 aromatic carbocycles. The molecule has 0 spiro atoms. The van der Waals surface area contributed by atoms with Gasteiger partial charge in [-0.05, 0) is 30.7 Å². The molecular weight excluding hydrogens is 359 g/mol. The zero-order valence-electron chi connectivity index (χ0n) is 13.4. The summed E-state index contributed by atoms with van der Waals surface area (Å²) in [6.45, 7) is 1.56. The van der Waals surface area contributed by atoms with E-state index in [4.69, 9.17) is 16.3 Å². The molecule has 0 radical (unpaired) electrons. The summed E-state index contributed by atoms with van der Waals surface area (Å²) in [5.74, 6) is -0.0297. The number of alkyl halides is 3. The lowest BCUT2D eigenvalue weighted by Crippen LogP contribution is -2.24. The predicted molar refractivity (Wildman–Crippen MR) is 85.6 cm³/mol. The fraction of sp³-hybridized carbons (Fsp3) is 0.294. The molecule has 2 rings (SSSR count). The fourth-order valence-corrected chi connectivity index (χ4v) is 2.28. The summed E-state index contributed by atoms with van der Waals surface area (Å²) in [5.41, 5.74) is 0.236. The molecular formula is C17H15ClF3NO3. The van der Waals surface area contributed by atoms with Crippen LogP contribution < -0.4 is 4.74 Å². The normalized spacial score (nSPS) is 12.6. The van der Waals surface area contributed by atoms with Gasteiger partial charge >= 0.3 is 12.1 Å². The summed E-state index contributed by atoms with van der Waals surface area (Å²) in [5, 5.41) is -0.0468. The third-order valence-electron chi connectivity index (χ3n) is 3.39. The van der Waals surface area contributed by atoms with Crippen LogP contribution in [0.25, 0.3) is 0 Å². The van der Waals surface area contributed by atoms with Gasteiger partial charge in [0.15, 0.2) is 6.10 Å². The second-order valence-electron chi connectivity index (χ2n) is 5.25.